The van der Waals surface area contributed by atoms with Crippen molar-refractivity contribution < 1.29 is 4.42 Å². The van der Waals surface area contributed by atoms with Crippen LogP contribution in [-0.2, 0) is 0 Å². The van der Waals surface area contributed by atoms with E-state index in [-0.39, 0.29) is 0 Å². The highest BCUT2D eigenvalue weighted by atomic mass is 16.3. The lowest BCUT2D eigenvalue weighted by Gasteiger charge is -2.15. The van der Waals surface area contributed by atoms with E-state index in [2.05, 4.69) is 232 Å². The molecule has 4 heteroatoms. The van der Waals surface area contributed by atoms with E-state index in [0.29, 0.717) is 0 Å². The molecule has 298 valence electrons. The van der Waals surface area contributed by atoms with Gasteiger partial charge in [0.1, 0.15) is 11.2 Å². The van der Waals surface area contributed by atoms with Gasteiger partial charge in [-0.2, -0.15) is 0 Å². The van der Waals surface area contributed by atoms with Crippen LogP contribution in [0.4, 0.5) is 0 Å². The highest BCUT2D eigenvalue weighted by molar-refractivity contribution is 6.31. The molecule has 0 aliphatic rings. The molecule has 0 saturated heterocycles. The molecule has 10 aromatic carbocycles. The molecule has 64 heavy (non-hydrogen) atoms. The first kappa shape index (κ1) is 35.0. The Bertz CT molecular complexity index is 4110. The minimum Gasteiger partial charge on any atom is -0.456 e. The molecule has 0 atom stereocenters. The highest BCUT2D eigenvalue weighted by Gasteiger charge is 2.25. The second-order valence-electron chi connectivity index (χ2n) is 16.9. The Hall–Kier alpha value is -8.60. The van der Waals surface area contributed by atoms with Gasteiger partial charge in [-0.15, -0.1) is 0 Å². The number of hydrogen-bond donors (Lipinski definition) is 0. The van der Waals surface area contributed by atoms with Crippen molar-refractivity contribution in [3.05, 3.63) is 224 Å². The Morgan fingerprint density at radius 1 is 0.250 bits per heavy atom. The van der Waals surface area contributed by atoms with E-state index < -0.39 is 0 Å². The number of para-hydroxylation sites is 4. The van der Waals surface area contributed by atoms with E-state index >= 15 is 0 Å². The van der Waals surface area contributed by atoms with Crippen LogP contribution < -0.4 is 0 Å². The molecule has 4 aromatic heterocycles. The maximum absolute atomic E-state index is 6.32. The summed E-state index contributed by atoms with van der Waals surface area (Å²) in [6.45, 7) is 0. The molecule has 0 unspecified atom stereocenters. The van der Waals surface area contributed by atoms with Crippen LogP contribution in [0.25, 0.3) is 127 Å². The van der Waals surface area contributed by atoms with E-state index in [1.807, 2.05) is 6.07 Å². The van der Waals surface area contributed by atoms with Gasteiger partial charge < -0.3 is 18.1 Å². The first-order valence-corrected chi connectivity index (χ1v) is 21.9. The van der Waals surface area contributed by atoms with Gasteiger partial charge in [0, 0.05) is 60.2 Å². The van der Waals surface area contributed by atoms with Gasteiger partial charge in [-0.05, 0) is 101 Å². The van der Waals surface area contributed by atoms with Gasteiger partial charge in [0.2, 0.25) is 0 Å². The van der Waals surface area contributed by atoms with Gasteiger partial charge in [0.15, 0.2) is 0 Å². The van der Waals surface area contributed by atoms with E-state index in [1.54, 1.807) is 0 Å². The maximum Gasteiger partial charge on any atom is 0.135 e. The molecule has 4 heterocycles. The van der Waals surface area contributed by atoms with Crippen molar-refractivity contribution in [3.8, 4) is 39.3 Å². The number of benzene rings is 10. The number of nitrogens with zero attached hydrogens (tertiary/aromatic N) is 3. The molecule has 0 spiro atoms. The second kappa shape index (κ2) is 13.4. The van der Waals surface area contributed by atoms with Crippen LogP contribution in [0, 0.1) is 0 Å². The molecule has 14 aromatic rings. The maximum atomic E-state index is 6.32. The minimum atomic E-state index is 0.888. The smallest absolute Gasteiger partial charge is 0.135 e. The number of aromatic nitrogens is 3. The van der Waals surface area contributed by atoms with Crippen LogP contribution in [0.2, 0.25) is 0 Å². The van der Waals surface area contributed by atoms with Crippen LogP contribution in [0.3, 0.4) is 0 Å². The van der Waals surface area contributed by atoms with Gasteiger partial charge in [0.05, 0.1) is 33.1 Å². The molecule has 0 aliphatic carbocycles. The Balaban J connectivity index is 1.18. The van der Waals surface area contributed by atoms with Crippen molar-refractivity contribution in [1.29, 1.82) is 0 Å². The summed E-state index contributed by atoms with van der Waals surface area (Å²) in [5.74, 6) is 0. The van der Waals surface area contributed by atoms with Crippen molar-refractivity contribution in [2.45, 2.75) is 0 Å². The number of hydrogen-bond acceptors (Lipinski definition) is 1. The normalized spacial score (nSPS) is 12.1. The van der Waals surface area contributed by atoms with Crippen LogP contribution in [0.1, 0.15) is 0 Å². The van der Waals surface area contributed by atoms with Crippen LogP contribution >= 0.6 is 0 Å². The predicted octanol–water partition coefficient (Wildman–Crippen LogP) is 16.2. The zero-order valence-electron chi connectivity index (χ0n) is 34.6. The Morgan fingerprint density at radius 2 is 0.734 bits per heavy atom. The van der Waals surface area contributed by atoms with Crippen molar-refractivity contribution >= 4 is 87.4 Å². The molecule has 0 bridgehead atoms. The second-order valence-corrected chi connectivity index (χ2v) is 16.9. The third-order valence-corrected chi connectivity index (χ3v) is 13.4. The number of fused-ring (bicyclic) bond motifs is 14. The monoisotopic (exact) mass is 815 g/mol. The fraction of sp³-hybridized carbons (Fsp3) is 0. The SMILES string of the molecule is c1ccc(-c2cc(-c3ccccc3)cc(-n3c4c(ccc5c4c4ccccc4n5-c4ccccc4)c4ccc5c(c6ccccc6n5-c5ccc6oc7ccccc7c6c5)c43)c2)cc1. The minimum absolute atomic E-state index is 0.888. The van der Waals surface area contributed by atoms with Gasteiger partial charge in [-0.25, -0.2) is 0 Å². The first-order chi connectivity index (χ1) is 31.8. The van der Waals surface area contributed by atoms with Gasteiger partial charge in [-0.1, -0.05) is 146 Å². The van der Waals surface area contributed by atoms with E-state index in [9.17, 15) is 0 Å². The molecule has 0 N–H and O–H groups in total. The molecule has 0 saturated carbocycles. The summed E-state index contributed by atoms with van der Waals surface area (Å²) in [6.07, 6.45) is 0. The fourth-order valence-corrected chi connectivity index (χ4v) is 10.7. The molecular weight excluding hydrogens is 779 g/mol. The quantitative estimate of drug-likeness (QED) is 0.170. The molecule has 0 amide bonds. The number of rotatable bonds is 5. The largest absolute Gasteiger partial charge is 0.456 e. The summed E-state index contributed by atoms with van der Waals surface area (Å²) in [5, 5.41) is 9.53. The zero-order chi connectivity index (χ0) is 41.9. The van der Waals surface area contributed by atoms with Crippen molar-refractivity contribution in [2.75, 3.05) is 0 Å². The Morgan fingerprint density at radius 3 is 1.33 bits per heavy atom. The third kappa shape index (κ3) is 4.99. The summed E-state index contributed by atoms with van der Waals surface area (Å²) < 4.78 is 13.8. The summed E-state index contributed by atoms with van der Waals surface area (Å²) in [7, 11) is 0. The van der Waals surface area contributed by atoms with Crippen LogP contribution in [-0.4, -0.2) is 13.7 Å². The lowest BCUT2D eigenvalue weighted by atomic mass is 9.97. The van der Waals surface area contributed by atoms with Gasteiger partial charge in [-0.3, -0.25) is 0 Å². The predicted molar refractivity (Wildman–Crippen MR) is 268 cm³/mol. The molecule has 14 rings (SSSR count). The molecule has 0 fully saturated rings. The Labute approximate surface area is 367 Å². The topological polar surface area (TPSA) is 27.9 Å². The average Bonchev–Trinajstić information content (AvgIpc) is 4.10. The summed E-state index contributed by atoms with van der Waals surface area (Å²) >= 11 is 0. The summed E-state index contributed by atoms with van der Waals surface area (Å²) in [5.41, 5.74) is 16.9. The van der Waals surface area contributed by atoms with Crippen LogP contribution in [0.15, 0.2) is 229 Å². The lowest BCUT2D eigenvalue weighted by molar-refractivity contribution is 0.669. The van der Waals surface area contributed by atoms with E-state index in [1.165, 1.54) is 76.6 Å². The molecular formula is C60H37N3O. The van der Waals surface area contributed by atoms with Crippen molar-refractivity contribution in [3.63, 3.8) is 0 Å². The Kier molecular flexibility index (Phi) is 7.36. The number of furan rings is 1. The fourth-order valence-electron chi connectivity index (χ4n) is 10.7. The third-order valence-electron chi connectivity index (χ3n) is 13.4. The van der Waals surface area contributed by atoms with Crippen molar-refractivity contribution in [1.82, 2.24) is 13.7 Å². The molecule has 4 nitrogen and oxygen atoms in total. The van der Waals surface area contributed by atoms with Gasteiger partial charge >= 0.3 is 0 Å². The van der Waals surface area contributed by atoms with E-state index in [4.69, 9.17) is 4.42 Å². The standard InChI is InChI=1S/C60H37N3O/c1-4-16-38(17-5-1)40-34-41(39-18-6-2-7-19-39)36-44(35-40)63-59-46(29-31-53-57(59)48-23-10-13-25-51(48)61(53)42-20-8-3-9-21-42)47-30-32-54-58(60(47)63)49-24-11-14-26-52(49)62(54)43-28-33-56-50(37-43)45-22-12-15-27-55(45)64-56/h1-37H. The average molecular weight is 816 g/mol. The zero-order valence-corrected chi connectivity index (χ0v) is 34.6. The van der Waals surface area contributed by atoms with Crippen LogP contribution in [0.5, 0.6) is 0 Å². The summed E-state index contributed by atoms with van der Waals surface area (Å²) in [6, 6.07) is 81.7. The summed E-state index contributed by atoms with van der Waals surface area (Å²) in [4.78, 5) is 0. The molecule has 0 radical (unpaired) electrons. The first-order valence-electron chi connectivity index (χ1n) is 21.9. The highest BCUT2D eigenvalue weighted by Crippen LogP contribution is 2.47. The van der Waals surface area contributed by atoms with Crippen molar-refractivity contribution in [2.24, 2.45) is 0 Å². The lowest BCUT2D eigenvalue weighted by Crippen LogP contribution is -1.98. The van der Waals surface area contributed by atoms with E-state index in [0.717, 1.165) is 50.0 Å². The molecule has 0 aliphatic heterocycles. The van der Waals surface area contributed by atoms with Gasteiger partial charge in [0.25, 0.3) is 0 Å².